The molecular formula is C16H23N3O2. The number of esters is 1. The van der Waals surface area contributed by atoms with Crippen LogP contribution >= 0.6 is 0 Å². The number of rotatable bonds is 2. The highest BCUT2D eigenvalue weighted by Gasteiger charge is 2.36. The largest absolute Gasteiger partial charge is 0.464 e. The summed E-state index contributed by atoms with van der Waals surface area (Å²) >= 11 is 0. The van der Waals surface area contributed by atoms with Gasteiger partial charge in [0.1, 0.15) is 5.69 Å². The van der Waals surface area contributed by atoms with E-state index in [1.165, 1.54) is 32.8 Å². The zero-order chi connectivity index (χ0) is 14.7. The van der Waals surface area contributed by atoms with E-state index in [0.717, 1.165) is 31.9 Å². The molecule has 1 unspecified atom stereocenters. The molecule has 3 rings (SSSR count). The average molecular weight is 289 g/mol. The molecule has 1 atom stereocenters. The summed E-state index contributed by atoms with van der Waals surface area (Å²) in [6.07, 6.45) is 6.76. The Labute approximate surface area is 125 Å². The molecule has 2 fully saturated rings. The van der Waals surface area contributed by atoms with Crippen LogP contribution in [0.15, 0.2) is 18.3 Å². The fraction of sp³-hybridized carbons (Fsp3) is 0.625. The summed E-state index contributed by atoms with van der Waals surface area (Å²) in [4.78, 5) is 18.1. The van der Waals surface area contributed by atoms with Crippen LogP contribution in [0, 0.1) is 5.41 Å². The molecule has 0 saturated carbocycles. The van der Waals surface area contributed by atoms with Crippen molar-refractivity contribution in [1.29, 1.82) is 0 Å². The van der Waals surface area contributed by atoms with Gasteiger partial charge in [0.2, 0.25) is 0 Å². The van der Waals surface area contributed by atoms with Crippen LogP contribution in [0.2, 0.25) is 0 Å². The van der Waals surface area contributed by atoms with Gasteiger partial charge in [-0.05, 0) is 44.4 Å². The summed E-state index contributed by atoms with van der Waals surface area (Å²) in [6, 6.07) is 3.84. The zero-order valence-electron chi connectivity index (χ0n) is 12.6. The molecule has 1 N–H and O–H groups in total. The van der Waals surface area contributed by atoms with E-state index in [1.807, 2.05) is 12.1 Å². The van der Waals surface area contributed by atoms with E-state index in [0.29, 0.717) is 11.1 Å². The SMILES string of the molecule is COC(=O)c1cc(N2CCCC3(CCCNC3)C2)ccn1. The number of carbonyl (C=O) groups excluding carboxylic acids is 1. The van der Waals surface area contributed by atoms with E-state index >= 15 is 0 Å². The predicted octanol–water partition coefficient (Wildman–Crippen LogP) is 1.84. The van der Waals surface area contributed by atoms with Crippen LogP contribution in [0.3, 0.4) is 0 Å². The number of pyridine rings is 1. The third kappa shape index (κ3) is 3.02. The third-order valence-electron chi connectivity index (χ3n) is 4.73. The number of methoxy groups -OCH3 is 1. The van der Waals surface area contributed by atoms with E-state index in [-0.39, 0.29) is 5.97 Å². The smallest absolute Gasteiger partial charge is 0.356 e. The Morgan fingerprint density at radius 1 is 1.43 bits per heavy atom. The number of hydrogen-bond donors (Lipinski definition) is 1. The van der Waals surface area contributed by atoms with E-state index in [4.69, 9.17) is 4.74 Å². The Morgan fingerprint density at radius 2 is 2.29 bits per heavy atom. The number of nitrogens with one attached hydrogen (secondary N) is 1. The van der Waals surface area contributed by atoms with Gasteiger partial charge in [-0.1, -0.05) is 0 Å². The first kappa shape index (κ1) is 14.3. The van der Waals surface area contributed by atoms with Crippen molar-refractivity contribution in [3.63, 3.8) is 0 Å². The fourth-order valence-electron chi connectivity index (χ4n) is 3.64. The molecule has 2 aliphatic rings. The number of anilines is 1. The summed E-state index contributed by atoms with van der Waals surface area (Å²) < 4.78 is 4.76. The Kier molecular flexibility index (Phi) is 4.10. The first-order valence-electron chi connectivity index (χ1n) is 7.73. The Balaban J connectivity index is 1.78. The minimum absolute atomic E-state index is 0.372. The highest BCUT2D eigenvalue weighted by Crippen LogP contribution is 2.37. The van der Waals surface area contributed by atoms with Crippen molar-refractivity contribution < 1.29 is 9.53 Å². The second kappa shape index (κ2) is 6.02. The molecule has 21 heavy (non-hydrogen) atoms. The van der Waals surface area contributed by atoms with Crippen LogP contribution in [-0.2, 0) is 4.74 Å². The van der Waals surface area contributed by atoms with Gasteiger partial charge in [0.05, 0.1) is 7.11 Å². The molecule has 0 aliphatic carbocycles. The highest BCUT2D eigenvalue weighted by atomic mass is 16.5. The first-order valence-corrected chi connectivity index (χ1v) is 7.73. The van der Waals surface area contributed by atoms with E-state index in [9.17, 15) is 4.79 Å². The lowest BCUT2D eigenvalue weighted by atomic mass is 9.74. The Bertz CT molecular complexity index is 506. The molecule has 5 nitrogen and oxygen atoms in total. The van der Waals surface area contributed by atoms with E-state index in [2.05, 4.69) is 15.2 Å². The first-order chi connectivity index (χ1) is 10.2. The summed E-state index contributed by atoms with van der Waals surface area (Å²) in [5.41, 5.74) is 1.86. The number of carbonyl (C=O) groups is 1. The molecule has 2 aliphatic heterocycles. The van der Waals surface area contributed by atoms with Crippen LogP contribution in [0.25, 0.3) is 0 Å². The van der Waals surface area contributed by atoms with Crippen molar-refractivity contribution in [3.8, 4) is 0 Å². The van der Waals surface area contributed by atoms with Crippen LogP contribution in [-0.4, -0.2) is 44.2 Å². The highest BCUT2D eigenvalue weighted by molar-refractivity contribution is 5.88. The van der Waals surface area contributed by atoms with Gasteiger partial charge < -0.3 is 15.0 Å². The quantitative estimate of drug-likeness (QED) is 0.842. The predicted molar refractivity (Wildman–Crippen MR) is 81.6 cm³/mol. The molecule has 0 amide bonds. The van der Waals surface area contributed by atoms with Crippen molar-refractivity contribution in [2.24, 2.45) is 5.41 Å². The number of hydrogen-bond acceptors (Lipinski definition) is 5. The fourth-order valence-corrected chi connectivity index (χ4v) is 3.64. The zero-order valence-corrected chi connectivity index (χ0v) is 12.6. The van der Waals surface area contributed by atoms with E-state index < -0.39 is 0 Å². The molecule has 1 spiro atoms. The van der Waals surface area contributed by atoms with Crippen LogP contribution in [0.1, 0.15) is 36.2 Å². The van der Waals surface area contributed by atoms with E-state index in [1.54, 1.807) is 6.20 Å². The number of ether oxygens (including phenoxy) is 1. The van der Waals surface area contributed by atoms with Crippen molar-refractivity contribution in [1.82, 2.24) is 10.3 Å². The van der Waals surface area contributed by atoms with Crippen molar-refractivity contribution >= 4 is 11.7 Å². The van der Waals surface area contributed by atoms with Gasteiger partial charge >= 0.3 is 5.97 Å². The lowest BCUT2D eigenvalue weighted by Crippen LogP contribution is -2.51. The second-order valence-electron chi connectivity index (χ2n) is 6.20. The molecule has 1 aromatic heterocycles. The maximum absolute atomic E-state index is 11.6. The Hall–Kier alpha value is -1.62. The van der Waals surface area contributed by atoms with Crippen LogP contribution in [0.5, 0.6) is 0 Å². The van der Waals surface area contributed by atoms with Gasteiger partial charge in [0.25, 0.3) is 0 Å². The number of nitrogens with zero attached hydrogens (tertiary/aromatic N) is 2. The lowest BCUT2D eigenvalue weighted by molar-refractivity contribution is 0.0594. The molecule has 0 aromatic carbocycles. The maximum atomic E-state index is 11.6. The third-order valence-corrected chi connectivity index (χ3v) is 4.73. The average Bonchev–Trinajstić information content (AvgIpc) is 2.55. The van der Waals surface area contributed by atoms with Crippen molar-refractivity contribution in [3.05, 3.63) is 24.0 Å². The molecule has 0 bridgehead atoms. The van der Waals surface area contributed by atoms with Crippen LogP contribution in [0.4, 0.5) is 5.69 Å². The molecule has 114 valence electrons. The van der Waals surface area contributed by atoms with Gasteiger partial charge in [-0.15, -0.1) is 0 Å². The summed E-state index contributed by atoms with van der Waals surface area (Å²) in [6.45, 7) is 4.36. The monoisotopic (exact) mass is 289 g/mol. The summed E-state index contributed by atoms with van der Waals surface area (Å²) in [5, 5.41) is 3.54. The maximum Gasteiger partial charge on any atom is 0.356 e. The Morgan fingerprint density at radius 3 is 3.05 bits per heavy atom. The van der Waals surface area contributed by atoms with Gasteiger partial charge in [-0.25, -0.2) is 9.78 Å². The number of aromatic nitrogens is 1. The molecule has 3 heterocycles. The standard InChI is InChI=1S/C16H23N3O2/c1-21-15(20)14-10-13(4-8-18-14)19-9-3-6-16(12-19)5-2-7-17-11-16/h4,8,10,17H,2-3,5-7,9,11-12H2,1H3. The van der Waals surface area contributed by atoms with Gasteiger partial charge in [0.15, 0.2) is 0 Å². The summed E-state index contributed by atoms with van der Waals surface area (Å²) in [7, 11) is 1.39. The molecule has 2 saturated heterocycles. The number of piperidine rings is 2. The summed E-state index contributed by atoms with van der Waals surface area (Å²) in [5.74, 6) is -0.372. The minimum atomic E-state index is -0.372. The second-order valence-corrected chi connectivity index (χ2v) is 6.20. The molecular weight excluding hydrogens is 266 g/mol. The molecule has 0 radical (unpaired) electrons. The lowest BCUT2D eigenvalue weighted by Gasteiger charge is -2.46. The minimum Gasteiger partial charge on any atom is -0.464 e. The normalized spacial score (nSPS) is 25.9. The molecule has 5 heteroatoms. The topological polar surface area (TPSA) is 54.5 Å². The molecule has 1 aromatic rings. The van der Waals surface area contributed by atoms with Crippen molar-refractivity contribution in [2.45, 2.75) is 25.7 Å². The van der Waals surface area contributed by atoms with Gasteiger partial charge in [0, 0.05) is 36.9 Å². The van der Waals surface area contributed by atoms with Crippen molar-refractivity contribution in [2.75, 3.05) is 38.2 Å². The van der Waals surface area contributed by atoms with Gasteiger partial charge in [-0.2, -0.15) is 0 Å². The van der Waals surface area contributed by atoms with Crippen LogP contribution < -0.4 is 10.2 Å². The van der Waals surface area contributed by atoms with Gasteiger partial charge in [-0.3, -0.25) is 0 Å².